The number of hydrogen-bond donors (Lipinski definition) is 2. The molecule has 0 heterocycles. The van der Waals surface area contributed by atoms with Crippen LogP contribution in [0, 0.1) is 0 Å². The second-order valence-electron chi connectivity index (χ2n) is 5.16. The smallest absolute Gasteiger partial charge is 0.0462 e. The fourth-order valence-electron chi connectivity index (χ4n) is 2.80. The summed E-state index contributed by atoms with van der Waals surface area (Å²) in [5.74, 6) is 0. The lowest BCUT2D eigenvalue weighted by molar-refractivity contribution is 0.677. The number of rotatable bonds is 4. The second kappa shape index (κ2) is 5.79. The van der Waals surface area contributed by atoms with Gasteiger partial charge in [0.25, 0.3) is 0 Å². The molecule has 1 fully saturated rings. The van der Waals surface area contributed by atoms with E-state index in [9.17, 15) is 0 Å². The van der Waals surface area contributed by atoms with Crippen LogP contribution < -0.4 is 10.6 Å². The Morgan fingerprint density at radius 2 is 1.05 bits per heavy atom. The maximum absolute atomic E-state index is 3.65. The van der Waals surface area contributed by atoms with E-state index >= 15 is 0 Å². The molecule has 0 saturated heterocycles. The van der Waals surface area contributed by atoms with E-state index in [0.717, 1.165) is 0 Å². The Balaban J connectivity index is 1.65. The minimum absolute atomic E-state index is 0.516. The summed E-state index contributed by atoms with van der Waals surface area (Å²) in [6.07, 6.45) is 3.76. The lowest BCUT2D eigenvalue weighted by atomic mass is 10.1. The zero-order valence-electron chi connectivity index (χ0n) is 11.0. The molecule has 19 heavy (non-hydrogen) atoms. The van der Waals surface area contributed by atoms with E-state index < -0.39 is 0 Å². The maximum atomic E-state index is 3.65. The summed E-state index contributed by atoms with van der Waals surface area (Å²) in [7, 11) is 0. The van der Waals surface area contributed by atoms with Crippen LogP contribution in [0.15, 0.2) is 60.7 Å². The minimum atomic E-state index is 0.516. The van der Waals surface area contributed by atoms with Crippen LogP contribution in [0.5, 0.6) is 0 Å². The Bertz CT molecular complexity index is 448. The van der Waals surface area contributed by atoms with Gasteiger partial charge in [-0.05, 0) is 43.5 Å². The monoisotopic (exact) mass is 252 g/mol. The molecule has 2 heteroatoms. The molecule has 0 unspecified atom stereocenters. The first-order valence-corrected chi connectivity index (χ1v) is 7.05. The molecule has 2 aromatic rings. The van der Waals surface area contributed by atoms with Crippen molar-refractivity contribution in [2.45, 2.75) is 31.3 Å². The van der Waals surface area contributed by atoms with Crippen LogP contribution in [0.3, 0.4) is 0 Å². The Kier molecular flexibility index (Phi) is 3.68. The van der Waals surface area contributed by atoms with Gasteiger partial charge >= 0.3 is 0 Å². The van der Waals surface area contributed by atoms with Gasteiger partial charge < -0.3 is 10.6 Å². The molecule has 0 spiro atoms. The average Bonchev–Trinajstić information content (AvgIpc) is 2.88. The topological polar surface area (TPSA) is 24.1 Å². The van der Waals surface area contributed by atoms with E-state index in [1.165, 1.54) is 30.6 Å². The zero-order valence-corrected chi connectivity index (χ0v) is 11.0. The molecule has 1 aliphatic carbocycles. The number of hydrogen-bond acceptors (Lipinski definition) is 2. The van der Waals surface area contributed by atoms with Gasteiger partial charge in [0.2, 0.25) is 0 Å². The van der Waals surface area contributed by atoms with Crippen molar-refractivity contribution in [2.24, 2.45) is 0 Å². The summed E-state index contributed by atoms with van der Waals surface area (Å²) >= 11 is 0. The Morgan fingerprint density at radius 3 is 1.47 bits per heavy atom. The summed E-state index contributed by atoms with van der Waals surface area (Å²) in [5.41, 5.74) is 2.43. The van der Waals surface area contributed by atoms with Crippen molar-refractivity contribution < 1.29 is 0 Å². The number of benzene rings is 2. The molecule has 3 rings (SSSR count). The predicted molar refractivity (Wildman–Crippen MR) is 81.6 cm³/mol. The van der Waals surface area contributed by atoms with Crippen LogP contribution in [-0.2, 0) is 0 Å². The van der Waals surface area contributed by atoms with Gasteiger partial charge in [-0.1, -0.05) is 36.4 Å². The zero-order chi connectivity index (χ0) is 12.9. The van der Waals surface area contributed by atoms with Gasteiger partial charge in [0, 0.05) is 23.5 Å². The van der Waals surface area contributed by atoms with Crippen LogP contribution in [-0.4, -0.2) is 12.1 Å². The van der Waals surface area contributed by atoms with Crippen molar-refractivity contribution in [1.82, 2.24) is 0 Å². The van der Waals surface area contributed by atoms with Crippen LogP contribution >= 0.6 is 0 Å². The number of anilines is 2. The van der Waals surface area contributed by atoms with Gasteiger partial charge in [0.1, 0.15) is 0 Å². The van der Waals surface area contributed by atoms with Crippen molar-refractivity contribution in [3.8, 4) is 0 Å². The third-order valence-electron chi connectivity index (χ3n) is 3.77. The van der Waals surface area contributed by atoms with Gasteiger partial charge in [-0.2, -0.15) is 0 Å². The fourth-order valence-corrected chi connectivity index (χ4v) is 2.80. The minimum Gasteiger partial charge on any atom is -0.380 e. The Morgan fingerprint density at radius 1 is 0.632 bits per heavy atom. The van der Waals surface area contributed by atoms with E-state index in [4.69, 9.17) is 0 Å². The first-order valence-electron chi connectivity index (χ1n) is 7.05. The van der Waals surface area contributed by atoms with Gasteiger partial charge in [0.15, 0.2) is 0 Å². The van der Waals surface area contributed by atoms with Crippen LogP contribution in [0.4, 0.5) is 11.4 Å². The van der Waals surface area contributed by atoms with Crippen molar-refractivity contribution in [2.75, 3.05) is 10.6 Å². The summed E-state index contributed by atoms with van der Waals surface area (Å²) < 4.78 is 0. The molecule has 98 valence electrons. The summed E-state index contributed by atoms with van der Waals surface area (Å²) in [6.45, 7) is 0. The average molecular weight is 252 g/mol. The van der Waals surface area contributed by atoms with Crippen LogP contribution in [0.2, 0.25) is 0 Å². The molecule has 1 aliphatic rings. The first-order chi connectivity index (χ1) is 9.42. The molecule has 2 nitrogen and oxygen atoms in total. The van der Waals surface area contributed by atoms with E-state index in [0.29, 0.717) is 12.1 Å². The summed E-state index contributed by atoms with van der Waals surface area (Å²) in [6, 6.07) is 22.0. The van der Waals surface area contributed by atoms with Crippen LogP contribution in [0.25, 0.3) is 0 Å². The lowest BCUT2D eigenvalue weighted by Crippen LogP contribution is -2.34. The molecule has 0 aromatic heterocycles. The third-order valence-corrected chi connectivity index (χ3v) is 3.77. The van der Waals surface area contributed by atoms with Crippen molar-refractivity contribution in [3.05, 3.63) is 60.7 Å². The van der Waals surface area contributed by atoms with Gasteiger partial charge in [-0.3, -0.25) is 0 Å². The van der Waals surface area contributed by atoms with Gasteiger partial charge in [-0.25, -0.2) is 0 Å². The van der Waals surface area contributed by atoms with Crippen LogP contribution in [0.1, 0.15) is 19.3 Å². The highest BCUT2D eigenvalue weighted by atomic mass is 15.0. The highest BCUT2D eigenvalue weighted by Crippen LogP contribution is 2.26. The maximum Gasteiger partial charge on any atom is 0.0462 e. The highest BCUT2D eigenvalue weighted by molar-refractivity contribution is 5.47. The molecule has 2 aromatic carbocycles. The molecule has 0 aliphatic heterocycles. The Hall–Kier alpha value is -1.96. The Labute approximate surface area is 114 Å². The summed E-state index contributed by atoms with van der Waals surface area (Å²) in [5, 5.41) is 7.30. The fraction of sp³-hybridized carbons (Fsp3) is 0.294. The normalized spacial score (nSPS) is 22.1. The summed E-state index contributed by atoms with van der Waals surface area (Å²) in [4.78, 5) is 0. The van der Waals surface area contributed by atoms with Gasteiger partial charge in [-0.15, -0.1) is 0 Å². The van der Waals surface area contributed by atoms with E-state index in [1.54, 1.807) is 0 Å². The molecule has 2 N–H and O–H groups in total. The van der Waals surface area contributed by atoms with Crippen molar-refractivity contribution in [3.63, 3.8) is 0 Å². The van der Waals surface area contributed by atoms with Gasteiger partial charge in [0.05, 0.1) is 0 Å². The molecular formula is C17H20N2. The molecular weight excluding hydrogens is 232 g/mol. The lowest BCUT2D eigenvalue weighted by Gasteiger charge is -2.24. The number of para-hydroxylation sites is 2. The quantitative estimate of drug-likeness (QED) is 0.855. The second-order valence-corrected chi connectivity index (χ2v) is 5.16. The molecule has 0 amide bonds. The largest absolute Gasteiger partial charge is 0.380 e. The molecule has 2 atom stereocenters. The first kappa shape index (κ1) is 12.1. The van der Waals surface area contributed by atoms with E-state index in [1.807, 2.05) is 0 Å². The number of nitrogens with one attached hydrogen (secondary N) is 2. The highest BCUT2D eigenvalue weighted by Gasteiger charge is 2.26. The predicted octanol–water partition coefficient (Wildman–Crippen LogP) is 4.13. The van der Waals surface area contributed by atoms with E-state index in [2.05, 4.69) is 71.3 Å². The molecule has 1 saturated carbocycles. The molecule has 0 radical (unpaired) electrons. The van der Waals surface area contributed by atoms with Crippen molar-refractivity contribution in [1.29, 1.82) is 0 Å². The van der Waals surface area contributed by atoms with Crippen molar-refractivity contribution >= 4 is 11.4 Å². The third kappa shape index (κ3) is 3.08. The van der Waals surface area contributed by atoms with E-state index in [-0.39, 0.29) is 0 Å². The standard InChI is InChI=1S/C17H20N2/c1-3-8-14(9-4-1)18-16-12-7-13-17(16)19-15-10-5-2-6-11-15/h1-6,8-11,16-19H,7,12-13H2/t16-,17-/m0/s1. The SMILES string of the molecule is c1ccc(N[C@H]2CCC[C@@H]2Nc2ccccc2)cc1. The molecule has 0 bridgehead atoms.